The van der Waals surface area contributed by atoms with Gasteiger partial charge in [-0.2, -0.15) is 0 Å². The van der Waals surface area contributed by atoms with Crippen LogP contribution in [0.25, 0.3) is 0 Å². The maximum absolute atomic E-state index is 12.3. The van der Waals surface area contributed by atoms with Crippen LogP contribution in [0.1, 0.15) is 55.3 Å². The molecule has 3 rings (SSSR count). The summed E-state index contributed by atoms with van der Waals surface area (Å²) in [6.07, 6.45) is 9.18. The highest BCUT2D eigenvalue weighted by Crippen LogP contribution is 2.26. The first kappa shape index (κ1) is 19.1. The molecule has 0 radical (unpaired) electrons. The van der Waals surface area contributed by atoms with E-state index in [9.17, 15) is 4.79 Å². The highest BCUT2D eigenvalue weighted by Gasteiger charge is 2.31. The topological polar surface area (TPSA) is 78.4 Å². The van der Waals surface area contributed by atoms with Gasteiger partial charge in [-0.05, 0) is 46.0 Å². The van der Waals surface area contributed by atoms with Gasteiger partial charge in [0, 0.05) is 48.6 Å². The van der Waals surface area contributed by atoms with Gasteiger partial charge >= 0.3 is 0 Å². The molecule has 0 aromatic carbocycles. The molecular formula is C19H31N5OS. The van der Waals surface area contributed by atoms with Crippen LogP contribution < -0.4 is 16.0 Å². The Balaban J connectivity index is 1.49. The third-order valence-corrected chi connectivity index (χ3v) is 5.89. The van der Waals surface area contributed by atoms with Crippen LogP contribution in [0.2, 0.25) is 0 Å². The van der Waals surface area contributed by atoms with E-state index in [2.05, 4.69) is 34.8 Å². The molecule has 0 bridgehead atoms. The van der Waals surface area contributed by atoms with Crippen molar-refractivity contribution < 1.29 is 4.79 Å². The molecule has 1 heterocycles. The third kappa shape index (κ3) is 5.97. The summed E-state index contributed by atoms with van der Waals surface area (Å²) in [7, 11) is 0. The van der Waals surface area contributed by atoms with Crippen LogP contribution in [0.5, 0.6) is 0 Å². The van der Waals surface area contributed by atoms with Gasteiger partial charge in [0.1, 0.15) is 0 Å². The number of aryl methyl sites for hydroxylation is 1. The molecule has 0 saturated heterocycles. The second-order valence-electron chi connectivity index (χ2n) is 7.36. The van der Waals surface area contributed by atoms with Gasteiger partial charge in [-0.15, -0.1) is 11.3 Å². The van der Waals surface area contributed by atoms with Gasteiger partial charge in [0.25, 0.3) is 0 Å². The Bertz CT molecular complexity index is 625. The standard InChI is InChI=1S/C19H31N5OS/c1-3-20-19(21-10-9-17-22-12-13(2)26-17)24-16-6-4-5-14(11-16)18(25)23-15-7-8-15/h12,14-16H,3-11H2,1-2H3,(H,23,25)(H2,20,21,24). The minimum absolute atomic E-state index is 0.142. The first-order valence-electron chi connectivity index (χ1n) is 9.90. The van der Waals surface area contributed by atoms with E-state index >= 15 is 0 Å². The Morgan fingerprint density at radius 1 is 1.27 bits per heavy atom. The minimum atomic E-state index is 0.142. The second-order valence-corrected chi connectivity index (χ2v) is 8.68. The summed E-state index contributed by atoms with van der Waals surface area (Å²) in [5.74, 6) is 1.25. The quantitative estimate of drug-likeness (QED) is 0.504. The normalized spacial score (nSPS) is 23.5. The van der Waals surface area contributed by atoms with Gasteiger partial charge in [-0.1, -0.05) is 6.42 Å². The van der Waals surface area contributed by atoms with Crippen molar-refractivity contribution >= 4 is 23.2 Å². The molecule has 0 spiro atoms. The molecule has 144 valence electrons. The molecule has 2 atom stereocenters. The van der Waals surface area contributed by atoms with E-state index in [4.69, 9.17) is 4.99 Å². The highest BCUT2D eigenvalue weighted by atomic mass is 32.1. The first-order valence-corrected chi connectivity index (χ1v) is 10.7. The summed E-state index contributed by atoms with van der Waals surface area (Å²) < 4.78 is 0. The fourth-order valence-electron chi connectivity index (χ4n) is 3.40. The van der Waals surface area contributed by atoms with E-state index < -0.39 is 0 Å². The molecule has 0 aliphatic heterocycles. The van der Waals surface area contributed by atoms with Crippen molar-refractivity contribution in [1.29, 1.82) is 0 Å². The molecule has 2 unspecified atom stereocenters. The predicted octanol–water partition coefficient (Wildman–Crippen LogP) is 2.39. The zero-order chi connectivity index (χ0) is 18.4. The van der Waals surface area contributed by atoms with Crippen LogP contribution >= 0.6 is 11.3 Å². The van der Waals surface area contributed by atoms with Crippen molar-refractivity contribution in [2.75, 3.05) is 13.1 Å². The number of amides is 1. The maximum Gasteiger partial charge on any atom is 0.223 e. The van der Waals surface area contributed by atoms with Crippen LogP contribution in [0.4, 0.5) is 0 Å². The molecule has 2 fully saturated rings. The van der Waals surface area contributed by atoms with E-state index in [0.29, 0.717) is 12.1 Å². The largest absolute Gasteiger partial charge is 0.357 e. The predicted molar refractivity (Wildman–Crippen MR) is 107 cm³/mol. The lowest BCUT2D eigenvalue weighted by atomic mass is 9.85. The number of rotatable bonds is 7. The lowest BCUT2D eigenvalue weighted by Gasteiger charge is -2.30. The van der Waals surface area contributed by atoms with E-state index in [1.165, 1.54) is 4.88 Å². The van der Waals surface area contributed by atoms with E-state index in [1.54, 1.807) is 11.3 Å². The fourth-order valence-corrected chi connectivity index (χ4v) is 4.18. The summed E-state index contributed by atoms with van der Waals surface area (Å²) in [5.41, 5.74) is 0. The fraction of sp³-hybridized carbons (Fsp3) is 0.737. The molecule has 3 N–H and O–H groups in total. The summed E-state index contributed by atoms with van der Waals surface area (Å²) in [6.45, 7) is 5.71. The third-order valence-electron chi connectivity index (χ3n) is 4.92. The molecule has 26 heavy (non-hydrogen) atoms. The van der Waals surface area contributed by atoms with Crippen molar-refractivity contribution in [3.05, 3.63) is 16.1 Å². The highest BCUT2D eigenvalue weighted by molar-refractivity contribution is 7.11. The molecule has 2 aliphatic carbocycles. The number of thiazole rings is 1. The van der Waals surface area contributed by atoms with Crippen LogP contribution in [0.15, 0.2) is 11.2 Å². The lowest BCUT2D eigenvalue weighted by molar-refractivity contribution is -0.126. The molecule has 1 amide bonds. The number of carbonyl (C=O) groups excluding carboxylic acids is 1. The monoisotopic (exact) mass is 377 g/mol. The van der Waals surface area contributed by atoms with Crippen molar-refractivity contribution in [3.8, 4) is 0 Å². The Hall–Kier alpha value is -1.63. The van der Waals surface area contributed by atoms with Gasteiger partial charge < -0.3 is 16.0 Å². The smallest absolute Gasteiger partial charge is 0.223 e. The second kappa shape index (κ2) is 9.35. The zero-order valence-electron chi connectivity index (χ0n) is 15.9. The molecule has 1 aromatic heterocycles. The molecular weight excluding hydrogens is 346 g/mol. The van der Waals surface area contributed by atoms with Crippen LogP contribution in [0, 0.1) is 12.8 Å². The molecule has 6 nitrogen and oxygen atoms in total. The van der Waals surface area contributed by atoms with Crippen molar-refractivity contribution in [2.45, 2.75) is 70.9 Å². The number of aromatic nitrogens is 1. The number of guanidine groups is 1. The summed E-state index contributed by atoms with van der Waals surface area (Å²) in [6, 6.07) is 0.767. The Morgan fingerprint density at radius 3 is 2.81 bits per heavy atom. The summed E-state index contributed by atoms with van der Waals surface area (Å²) >= 11 is 1.74. The van der Waals surface area contributed by atoms with Crippen LogP contribution in [-0.2, 0) is 11.2 Å². The number of aliphatic imine (C=N–C) groups is 1. The van der Waals surface area contributed by atoms with Gasteiger partial charge in [-0.25, -0.2) is 4.98 Å². The number of nitrogens with zero attached hydrogens (tertiary/aromatic N) is 2. The number of carbonyl (C=O) groups is 1. The van der Waals surface area contributed by atoms with E-state index in [0.717, 1.165) is 69.0 Å². The minimum Gasteiger partial charge on any atom is -0.357 e. The number of hydrogen-bond acceptors (Lipinski definition) is 4. The Labute approximate surface area is 160 Å². The van der Waals surface area contributed by atoms with Gasteiger partial charge in [0.05, 0.1) is 5.01 Å². The van der Waals surface area contributed by atoms with Crippen molar-refractivity contribution in [2.24, 2.45) is 10.9 Å². The van der Waals surface area contributed by atoms with Gasteiger partial charge in [-0.3, -0.25) is 9.79 Å². The van der Waals surface area contributed by atoms with Crippen molar-refractivity contribution in [3.63, 3.8) is 0 Å². The molecule has 2 saturated carbocycles. The SMILES string of the molecule is CCNC(=NCCc1ncc(C)s1)NC1CCCC(C(=O)NC2CC2)C1. The van der Waals surface area contributed by atoms with E-state index in [1.807, 2.05) is 6.20 Å². The summed E-state index contributed by atoms with van der Waals surface area (Å²) in [5, 5.41) is 11.2. The number of nitrogens with one attached hydrogen (secondary N) is 3. The molecule has 1 aromatic rings. The maximum atomic E-state index is 12.3. The first-order chi connectivity index (χ1) is 12.6. The Kier molecular flexibility index (Phi) is 6.88. The average molecular weight is 378 g/mol. The van der Waals surface area contributed by atoms with Crippen LogP contribution in [0.3, 0.4) is 0 Å². The van der Waals surface area contributed by atoms with E-state index in [-0.39, 0.29) is 11.8 Å². The van der Waals surface area contributed by atoms with Crippen LogP contribution in [-0.4, -0.2) is 42.0 Å². The average Bonchev–Trinajstić information content (AvgIpc) is 3.34. The summed E-state index contributed by atoms with van der Waals surface area (Å²) in [4.78, 5) is 22.7. The van der Waals surface area contributed by atoms with Crippen molar-refractivity contribution in [1.82, 2.24) is 20.9 Å². The van der Waals surface area contributed by atoms with Gasteiger partial charge in [0.15, 0.2) is 5.96 Å². The number of hydrogen-bond donors (Lipinski definition) is 3. The molecule has 7 heteroatoms. The molecule has 2 aliphatic rings. The van der Waals surface area contributed by atoms with Gasteiger partial charge in [0.2, 0.25) is 5.91 Å². The zero-order valence-corrected chi connectivity index (χ0v) is 16.7. The Morgan fingerprint density at radius 2 is 2.12 bits per heavy atom. The lowest BCUT2D eigenvalue weighted by Crippen LogP contribution is -2.47.